The Balaban J connectivity index is 1.74. The topological polar surface area (TPSA) is 50.8 Å². The molecule has 0 unspecified atom stereocenters. The van der Waals surface area contributed by atoms with Gasteiger partial charge in [-0.05, 0) is 51.3 Å². The van der Waals surface area contributed by atoms with Crippen molar-refractivity contribution in [1.29, 1.82) is 0 Å². The van der Waals surface area contributed by atoms with Crippen LogP contribution in [0.15, 0.2) is 24.3 Å². The zero-order valence-corrected chi connectivity index (χ0v) is 14.6. The molecular weight excluding hydrogens is 292 g/mol. The molecule has 23 heavy (non-hydrogen) atoms. The minimum Gasteiger partial charge on any atom is -0.497 e. The summed E-state index contributed by atoms with van der Waals surface area (Å²) in [7, 11) is 1.68. The van der Waals surface area contributed by atoms with Crippen LogP contribution in [0.25, 0.3) is 0 Å². The van der Waals surface area contributed by atoms with Gasteiger partial charge in [-0.1, -0.05) is 12.1 Å². The molecule has 0 atom stereocenters. The largest absolute Gasteiger partial charge is 0.497 e. The quantitative estimate of drug-likeness (QED) is 0.926. The van der Waals surface area contributed by atoms with Crippen molar-refractivity contribution in [2.45, 2.75) is 51.8 Å². The first-order valence-corrected chi connectivity index (χ1v) is 8.20. The van der Waals surface area contributed by atoms with Crippen molar-refractivity contribution >= 4 is 6.09 Å². The zero-order valence-electron chi connectivity index (χ0n) is 14.6. The number of alkyl carbamates (subject to hydrolysis) is 1. The number of hydrogen-bond donors (Lipinski definition) is 1. The van der Waals surface area contributed by atoms with E-state index in [0.29, 0.717) is 0 Å². The molecule has 0 bridgehead atoms. The van der Waals surface area contributed by atoms with E-state index in [-0.39, 0.29) is 12.1 Å². The molecule has 128 valence electrons. The van der Waals surface area contributed by atoms with Crippen molar-refractivity contribution in [3.05, 3.63) is 29.8 Å². The van der Waals surface area contributed by atoms with Crippen molar-refractivity contribution in [2.24, 2.45) is 0 Å². The summed E-state index contributed by atoms with van der Waals surface area (Å²) in [5.41, 5.74) is 0.837. The average molecular weight is 320 g/mol. The summed E-state index contributed by atoms with van der Waals surface area (Å²) in [5, 5.41) is 2.97. The number of piperidine rings is 1. The standard InChI is InChI=1S/C18H28N2O3/c1-18(2,3)23-17(21)19-15-9-11-20(12-10-15)13-14-5-7-16(22-4)8-6-14/h5-8,15H,9-13H2,1-4H3,(H,19,21). The third-order valence-electron chi connectivity index (χ3n) is 3.87. The maximum Gasteiger partial charge on any atom is 0.407 e. The van der Waals surface area contributed by atoms with Gasteiger partial charge in [0.05, 0.1) is 7.11 Å². The lowest BCUT2D eigenvalue weighted by atomic mass is 10.0. The van der Waals surface area contributed by atoms with Gasteiger partial charge >= 0.3 is 6.09 Å². The van der Waals surface area contributed by atoms with E-state index in [1.165, 1.54) is 5.56 Å². The molecule has 1 N–H and O–H groups in total. The first-order valence-electron chi connectivity index (χ1n) is 8.20. The minimum atomic E-state index is -0.445. The average Bonchev–Trinajstić information content (AvgIpc) is 2.48. The number of nitrogens with zero attached hydrogens (tertiary/aromatic N) is 1. The van der Waals surface area contributed by atoms with Gasteiger partial charge in [-0.25, -0.2) is 4.79 Å². The molecule has 1 heterocycles. The van der Waals surface area contributed by atoms with Gasteiger partial charge in [0.2, 0.25) is 0 Å². The molecular formula is C18H28N2O3. The van der Waals surface area contributed by atoms with E-state index < -0.39 is 5.60 Å². The van der Waals surface area contributed by atoms with Crippen molar-refractivity contribution < 1.29 is 14.3 Å². The summed E-state index contributed by atoms with van der Waals surface area (Å²) < 4.78 is 10.5. The highest BCUT2D eigenvalue weighted by Gasteiger charge is 2.23. The molecule has 0 saturated carbocycles. The molecule has 2 rings (SSSR count). The lowest BCUT2D eigenvalue weighted by molar-refractivity contribution is 0.0477. The highest BCUT2D eigenvalue weighted by molar-refractivity contribution is 5.68. The Morgan fingerprint density at radius 3 is 2.35 bits per heavy atom. The lowest BCUT2D eigenvalue weighted by Crippen LogP contribution is -2.45. The molecule has 1 aliphatic rings. The number of likely N-dealkylation sites (tertiary alicyclic amines) is 1. The highest BCUT2D eigenvalue weighted by atomic mass is 16.6. The van der Waals surface area contributed by atoms with Crippen LogP contribution >= 0.6 is 0 Å². The van der Waals surface area contributed by atoms with Crippen molar-refractivity contribution in [3.63, 3.8) is 0 Å². The molecule has 1 saturated heterocycles. The van der Waals surface area contributed by atoms with Crippen LogP contribution in [0.1, 0.15) is 39.2 Å². The van der Waals surface area contributed by atoms with Crippen LogP contribution in [-0.2, 0) is 11.3 Å². The van der Waals surface area contributed by atoms with Gasteiger partial charge in [0.15, 0.2) is 0 Å². The van der Waals surface area contributed by atoms with Crippen LogP contribution < -0.4 is 10.1 Å². The monoisotopic (exact) mass is 320 g/mol. The summed E-state index contributed by atoms with van der Waals surface area (Å²) >= 11 is 0. The third-order valence-corrected chi connectivity index (χ3v) is 3.87. The van der Waals surface area contributed by atoms with E-state index in [1.807, 2.05) is 32.9 Å². The first kappa shape index (κ1) is 17.6. The molecule has 0 spiro atoms. The number of rotatable bonds is 4. The molecule has 0 radical (unpaired) electrons. The molecule has 0 aliphatic carbocycles. The van der Waals surface area contributed by atoms with Crippen LogP contribution in [0, 0.1) is 0 Å². The van der Waals surface area contributed by atoms with Crippen LogP contribution in [-0.4, -0.2) is 42.8 Å². The molecule has 1 aromatic carbocycles. The van der Waals surface area contributed by atoms with Crippen molar-refractivity contribution in [3.8, 4) is 5.75 Å². The van der Waals surface area contributed by atoms with Gasteiger partial charge < -0.3 is 14.8 Å². The van der Waals surface area contributed by atoms with Gasteiger partial charge in [0.25, 0.3) is 0 Å². The highest BCUT2D eigenvalue weighted by Crippen LogP contribution is 2.17. The normalized spacial score (nSPS) is 16.9. The van der Waals surface area contributed by atoms with Crippen molar-refractivity contribution in [2.75, 3.05) is 20.2 Å². The molecule has 1 aromatic rings. The molecule has 5 heteroatoms. The van der Waals surface area contributed by atoms with Gasteiger partial charge in [-0.2, -0.15) is 0 Å². The fourth-order valence-electron chi connectivity index (χ4n) is 2.70. The Kier molecular flexibility index (Phi) is 5.88. The second kappa shape index (κ2) is 7.68. The Morgan fingerprint density at radius 1 is 1.22 bits per heavy atom. The predicted molar refractivity (Wildman–Crippen MR) is 90.7 cm³/mol. The van der Waals surface area contributed by atoms with Gasteiger partial charge in [-0.15, -0.1) is 0 Å². The van der Waals surface area contributed by atoms with Crippen LogP contribution in [0.4, 0.5) is 4.79 Å². The van der Waals surface area contributed by atoms with Crippen LogP contribution in [0.3, 0.4) is 0 Å². The molecule has 0 aromatic heterocycles. The lowest BCUT2D eigenvalue weighted by Gasteiger charge is -2.32. The number of carbonyl (C=O) groups is 1. The smallest absolute Gasteiger partial charge is 0.407 e. The van der Waals surface area contributed by atoms with E-state index in [1.54, 1.807) is 7.11 Å². The van der Waals surface area contributed by atoms with Crippen LogP contribution in [0.5, 0.6) is 5.75 Å². The van der Waals surface area contributed by atoms with E-state index in [2.05, 4.69) is 22.3 Å². The number of carbonyl (C=O) groups excluding carboxylic acids is 1. The Labute approximate surface area is 139 Å². The third kappa shape index (κ3) is 6.10. The van der Waals surface area contributed by atoms with E-state index in [0.717, 1.165) is 38.2 Å². The molecule has 5 nitrogen and oxygen atoms in total. The van der Waals surface area contributed by atoms with Crippen molar-refractivity contribution in [1.82, 2.24) is 10.2 Å². The second-order valence-corrected chi connectivity index (χ2v) is 7.04. The maximum absolute atomic E-state index is 11.8. The zero-order chi connectivity index (χ0) is 16.9. The predicted octanol–water partition coefficient (Wildman–Crippen LogP) is 3.18. The SMILES string of the molecule is COc1ccc(CN2CCC(NC(=O)OC(C)(C)C)CC2)cc1. The number of nitrogens with one attached hydrogen (secondary N) is 1. The summed E-state index contributed by atoms with van der Waals surface area (Å²) in [6.07, 6.45) is 1.59. The van der Waals surface area contributed by atoms with Crippen LogP contribution in [0.2, 0.25) is 0 Å². The second-order valence-electron chi connectivity index (χ2n) is 7.04. The summed E-state index contributed by atoms with van der Waals surface area (Å²) in [5.74, 6) is 0.883. The minimum absolute atomic E-state index is 0.206. The maximum atomic E-state index is 11.8. The van der Waals surface area contributed by atoms with Gasteiger partial charge in [0.1, 0.15) is 11.4 Å². The number of methoxy groups -OCH3 is 1. The Bertz CT molecular complexity index is 500. The summed E-state index contributed by atoms with van der Waals surface area (Å²) in [6.45, 7) is 8.53. The fourth-order valence-corrected chi connectivity index (χ4v) is 2.70. The summed E-state index contributed by atoms with van der Waals surface area (Å²) in [6, 6.07) is 8.39. The Morgan fingerprint density at radius 2 is 1.83 bits per heavy atom. The summed E-state index contributed by atoms with van der Waals surface area (Å²) in [4.78, 5) is 14.2. The van der Waals surface area contributed by atoms with E-state index >= 15 is 0 Å². The van der Waals surface area contributed by atoms with E-state index in [9.17, 15) is 4.79 Å². The molecule has 1 aliphatic heterocycles. The number of amides is 1. The Hall–Kier alpha value is -1.75. The fraction of sp³-hybridized carbons (Fsp3) is 0.611. The molecule has 1 amide bonds. The van der Waals surface area contributed by atoms with Gasteiger partial charge in [0, 0.05) is 25.7 Å². The number of hydrogen-bond acceptors (Lipinski definition) is 4. The first-order chi connectivity index (χ1) is 10.9. The number of benzene rings is 1. The molecule has 1 fully saturated rings. The van der Waals surface area contributed by atoms with E-state index in [4.69, 9.17) is 9.47 Å². The van der Waals surface area contributed by atoms with Gasteiger partial charge in [-0.3, -0.25) is 4.90 Å². The number of ether oxygens (including phenoxy) is 2.